The van der Waals surface area contributed by atoms with Crippen molar-refractivity contribution in [3.63, 3.8) is 0 Å². The molecule has 1 N–H and O–H groups in total. The summed E-state index contributed by atoms with van der Waals surface area (Å²) in [4.78, 5) is 28.8. The molecule has 19 heavy (non-hydrogen) atoms. The molecular formula is C13H16N2O4. The Morgan fingerprint density at radius 2 is 2.32 bits per heavy atom. The minimum Gasteiger partial charge on any atom is -0.481 e. The summed E-state index contributed by atoms with van der Waals surface area (Å²) in [5.41, 5.74) is 0.723. The van der Waals surface area contributed by atoms with E-state index in [1.54, 1.807) is 23.2 Å². The minimum absolute atomic E-state index is 0.0415. The molecule has 0 aliphatic carbocycles. The van der Waals surface area contributed by atoms with Gasteiger partial charge in [-0.15, -0.1) is 0 Å². The lowest BCUT2D eigenvalue weighted by atomic mass is 9.95. The van der Waals surface area contributed by atoms with Gasteiger partial charge in [-0.1, -0.05) is 6.07 Å². The van der Waals surface area contributed by atoms with Crippen LogP contribution in [0.3, 0.4) is 0 Å². The number of aliphatic carboxylic acids is 1. The molecule has 2 rings (SSSR count). The van der Waals surface area contributed by atoms with Crippen molar-refractivity contribution < 1.29 is 19.4 Å². The molecule has 1 aromatic rings. The minimum atomic E-state index is -0.954. The molecule has 0 aromatic carbocycles. The van der Waals surface area contributed by atoms with Crippen molar-refractivity contribution in [1.82, 2.24) is 9.88 Å². The van der Waals surface area contributed by atoms with Crippen LogP contribution in [0.4, 0.5) is 0 Å². The van der Waals surface area contributed by atoms with Crippen LogP contribution in [0.25, 0.3) is 0 Å². The summed E-state index contributed by atoms with van der Waals surface area (Å²) in [6.07, 6.45) is 1.61. The molecule has 6 heteroatoms. The standard InChI is InChI=1S/C13H16N2O4/c1-3-15-11(16)6-9(13(17)18)12(15)8-4-5-10(19-2)14-7-8/h4-5,7,9,12H,3,6H2,1-2H3,(H,17,18). The Labute approximate surface area is 111 Å². The van der Waals surface area contributed by atoms with Crippen LogP contribution in [-0.2, 0) is 9.59 Å². The van der Waals surface area contributed by atoms with Gasteiger partial charge in [0.05, 0.1) is 19.1 Å². The van der Waals surface area contributed by atoms with Crippen LogP contribution in [0.15, 0.2) is 18.3 Å². The maximum Gasteiger partial charge on any atom is 0.309 e. The Bertz CT molecular complexity index is 486. The quantitative estimate of drug-likeness (QED) is 0.880. The highest BCUT2D eigenvalue weighted by Gasteiger charge is 2.43. The van der Waals surface area contributed by atoms with E-state index in [4.69, 9.17) is 4.74 Å². The number of carbonyl (C=O) groups excluding carboxylic acids is 1. The number of carboxylic acids is 1. The van der Waals surface area contributed by atoms with Crippen molar-refractivity contribution in [2.24, 2.45) is 5.92 Å². The Morgan fingerprint density at radius 1 is 1.58 bits per heavy atom. The fourth-order valence-electron chi connectivity index (χ4n) is 2.48. The third kappa shape index (κ3) is 2.38. The van der Waals surface area contributed by atoms with Crippen LogP contribution in [0.1, 0.15) is 24.9 Å². The third-order valence-corrected chi connectivity index (χ3v) is 3.40. The summed E-state index contributed by atoms with van der Waals surface area (Å²) in [7, 11) is 1.51. The zero-order chi connectivity index (χ0) is 14.0. The molecule has 0 saturated carbocycles. The highest BCUT2D eigenvalue weighted by Crippen LogP contribution is 2.38. The molecule has 0 spiro atoms. The van der Waals surface area contributed by atoms with Crippen molar-refractivity contribution in [1.29, 1.82) is 0 Å². The second-order valence-corrected chi connectivity index (χ2v) is 4.41. The monoisotopic (exact) mass is 264 g/mol. The van der Waals surface area contributed by atoms with Gasteiger partial charge >= 0.3 is 5.97 Å². The number of rotatable bonds is 4. The normalized spacial score (nSPS) is 22.6. The first-order valence-electron chi connectivity index (χ1n) is 6.10. The lowest BCUT2D eigenvalue weighted by molar-refractivity contribution is -0.142. The van der Waals surface area contributed by atoms with E-state index in [9.17, 15) is 14.7 Å². The zero-order valence-electron chi connectivity index (χ0n) is 10.9. The molecule has 102 valence electrons. The first kappa shape index (κ1) is 13.3. The molecular weight excluding hydrogens is 248 g/mol. The Balaban J connectivity index is 2.36. The summed E-state index contributed by atoms with van der Waals surface area (Å²) in [6.45, 7) is 2.32. The van der Waals surface area contributed by atoms with Crippen LogP contribution in [0, 0.1) is 5.92 Å². The Morgan fingerprint density at radius 3 is 2.79 bits per heavy atom. The second-order valence-electron chi connectivity index (χ2n) is 4.41. The zero-order valence-corrected chi connectivity index (χ0v) is 10.9. The summed E-state index contributed by atoms with van der Waals surface area (Å²) < 4.78 is 4.97. The van der Waals surface area contributed by atoms with Gasteiger partial charge in [-0.05, 0) is 12.5 Å². The number of nitrogens with zero attached hydrogens (tertiary/aromatic N) is 2. The Kier molecular flexibility index (Phi) is 3.69. The highest BCUT2D eigenvalue weighted by molar-refractivity contribution is 5.87. The highest BCUT2D eigenvalue weighted by atomic mass is 16.5. The van der Waals surface area contributed by atoms with Crippen LogP contribution < -0.4 is 4.74 Å². The molecule has 0 radical (unpaired) electrons. The second kappa shape index (κ2) is 5.26. The molecule has 2 heterocycles. The van der Waals surface area contributed by atoms with Gasteiger partial charge in [0.25, 0.3) is 0 Å². The number of hydrogen-bond acceptors (Lipinski definition) is 4. The van der Waals surface area contributed by atoms with E-state index in [1.807, 2.05) is 6.92 Å². The van der Waals surface area contributed by atoms with E-state index >= 15 is 0 Å². The maximum absolute atomic E-state index is 11.8. The molecule has 0 bridgehead atoms. The smallest absolute Gasteiger partial charge is 0.309 e. The summed E-state index contributed by atoms with van der Waals surface area (Å²) in [5.74, 6) is -1.34. The van der Waals surface area contributed by atoms with Crippen molar-refractivity contribution in [2.45, 2.75) is 19.4 Å². The molecule has 2 atom stereocenters. The van der Waals surface area contributed by atoms with Crippen molar-refractivity contribution in [3.05, 3.63) is 23.9 Å². The van der Waals surface area contributed by atoms with E-state index < -0.39 is 17.9 Å². The number of methoxy groups -OCH3 is 1. The molecule has 1 aliphatic rings. The molecule has 1 saturated heterocycles. The lowest BCUT2D eigenvalue weighted by Gasteiger charge is -2.25. The molecule has 1 fully saturated rings. The van der Waals surface area contributed by atoms with Gasteiger partial charge in [0.1, 0.15) is 0 Å². The number of likely N-dealkylation sites (tertiary alicyclic amines) is 1. The number of ether oxygens (including phenoxy) is 1. The fourth-order valence-corrected chi connectivity index (χ4v) is 2.48. The first-order valence-corrected chi connectivity index (χ1v) is 6.10. The van der Waals surface area contributed by atoms with Gasteiger partial charge in [0, 0.05) is 25.2 Å². The number of carboxylic acid groups (broad SMARTS) is 1. The summed E-state index contributed by atoms with van der Waals surface area (Å²) >= 11 is 0. The van der Waals surface area contributed by atoms with Gasteiger partial charge in [-0.3, -0.25) is 9.59 Å². The van der Waals surface area contributed by atoms with Gasteiger partial charge in [-0.25, -0.2) is 4.98 Å². The van der Waals surface area contributed by atoms with E-state index in [0.717, 1.165) is 5.56 Å². The number of aromatic nitrogens is 1. The van der Waals surface area contributed by atoms with E-state index in [0.29, 0.717) is 12.4 Å². The van der Waals surface area contributed by atoms with Gasteiger partial charge in [0.2, 0.25) is 11.8 Å². The van der Waals surface area contributed by atoms with Crippen LogP contribution in [0.5, 0.6) is 5.88 Å². The van der Waals surface area contributed by atoms with E-state index in [-0.39, 0.29) is 12.3 Å². The number of amides is 1. The average molecular weight is 264 g/mol. The fraction of sp³-hybridized carbons (Fsp3) is 0.462. The third-order valence-electron chi connectivity index (χ3n) is 3.40. The van der Waals surface area contributed by atoms with Crippen molar-refractivity contribution in [3.8, 4) is 5.88 Å². The maximum atomic E-state index is 11.8. The Hall–Kier alpha value is -2.11. The summed E-state index contributed by atoms with van der Waals surface area (Å²) in [6, 6.07) is 2.98. The van der Waals surface area contributed by atoms with E-state index in [1.165, 1.54) is 7.11 Å². The predicted octanol–water partition coefficient (Wildman–Crippen LogP) is 1.08. The largest absolute Gasteiger partial charge is 0.481 e. The van der Waals surface area contributed by atoms with Crippen LogP contribution >= 0.6 is 0 Å². The van der Waals surface area contributed by atoms with Gasteiger partial charge in [-0.2, -0.15) is 0 Å². The average Bonchev–Trinajstić information content (AvgIpc) is 2.76. The van der Waals surface area contributed by atoms with Gasteiger partial charge < -0.3 is 14.7 Å². The van der Waals surface area contributed by atoms with Crippen LogP contribution in [-0.4, -0.2) is 40.5 Å². The first-order chi connectivity index (χ1) is 9.08. The topological polar surface area (TPSA) is 79.7 Å². The number of carbonyl (C=O) groups is 2. The van der Waals surface area contributed by atoms with Gasteiger partial charge in [0.15, 0.2) is 0 Å². The number of hydrogen-bond donors (Lipinski definition) is 1. The predicted molar refractivity (Wildman–Crippen MR) is 66.7 cm³/mol. The SMILES string of the molecule is CCN1C(=O)CC(C(=O)O)C1c1ccc(OC)nc1. The molecule has 1 aromatic heterocycles. The summed E-state index contributed by atoms with van der Waals surface area (Å²) in [5, 5.41) is 9.25. The van der Waals surface area contributed by atoms with E-state index in [2.05, 4.69) is 4.98 Å². The molecule has 1 amide bonds. The van der Waals surface area contributed by atoms with Crippen molar-refractivity contribution in [2.75, 3.05) is 13.7 Å². The lowest BCUT2D eigenvalue weighted by Crippen LogP contribution is -2.30. The molecule has 6 nitrogen and oxygen atoms in total. The molecule has 1 aliphatic heterocycles. The van der Waals surface area contributed by atoms with Crippen molar-refractivity contribution >= 4 is 11.9 Å². The van der Waals surface area contributed by atoms with Crippen LogP contribution in [0.2, 0.25) is 0 Å². The number of pyridine rings is 1. The molecule has 2 unspecified atom stereocenters.